The first kappa shape index (κ1) is 39.4. The first-order valence-electron chi connectivity index (χ1n) is 15.4. The van der Waals surface area contributed by atoms with Crippen molar-refractivity contribution in [3.05, 3.63) is 0 Å². The van der Waals surface area contributed by atoms with Crippen molar-refractivity contribution >= 4 is 29.4 Å². The van der Waals surface area contributed by atoms with Crippen LogP contribution in [0.15, 0.2) is 0 Å². The second kappa shape index (κ2) is 26.1. The molecule has 12 nitrogen and oxygen atoms in total. The fourth-order valence-corrected chi connectivity index (χ4v) is 3.66. The van der Waals surface area contributed by atoms with Gasteiger partial charge in [0.15, 0.2) is 0 Å². The molecule has 0 heterocycles. The standard InChI is InChI=1S/C30H56N4O8/c1-23(2)27(36)12-8-13-28(37)31-15-9-17-40-19-21-42-22-20-41-18-10-16-33-30(39)26(34-25(5)35)11-6-7-14-32-29(38)24(3)4/h23-24,26H,6-22H2,1-5H3,(H,31,37)(H,32,38)(H,33,39)(H,34,35)/t26-/m0/s1. The Morgan fingerprint density at radius 1 is 0.571 bits per heavy atom. The van der Waals surface area contributed by atoms with Gasteiger partial charge in [0.05, 0.1) is 26.4 Å². The van der Waals surface area contributed by atoms with Crippen LogP contribution in [0.3, 0.4) is 0 Å². The number of amides is 4. The molecule has 0 aliphatic heterocycles. The highest BCUT2D eigenvalue weighted by Gasteiger charge is 2.18. The van der Waals surface area contributed by atoms with Crippen LogP contribution < -0.4 is 21.3 Å². The van der Waals surface area contributed by atoms with Crippen LogP contribution in [0.2, 0.25) is 0 Å². The van der Waals surface area contributed by atoms with Gasteiger partial charge in [0, 0.05) is 64.4 Å². The molecule has 12 heteroatoms. The number of nitrogens with one attached hydrogen (secondary N) is 4. The lowest BCUT2D eigenvalue weighted by atomic mass is 10.0. The third-order valence-corrected chi connectivity index (χ3v) is 6.20. The van der Waals surface area contributed by atoms with E-state index in [1.54, 1.807) is 0 Å². The number of carbonyl (C=O) groups is 5. The summed E-state index contributed by atoms with van der Waals surface area (Å²) >= 11 is 0. The Hall–Kier alpha value is -2.57. The van der Waals surface area contributed by atoms with Crippen molar-refractivity contribution in [2.75, 3.05) is 59.3 Å². The molecule has 4 amide bonds. The van der Waals surface area contributed by atoms with Gasteiger partial charge in [0.1, 0.15) is 11.8 Å². The van der Waals surface area contributed by atoms with Crippen molar-refractivity contribution < 1.29 is 38.2 Å². The van der Waals surface area contributed by atoms with Gasteiger partial charge < -0.3 is 35.5 Å². The second-order valence-corrected chi connectivity index (χ2v) is 10.9. The second-order valence-electron chi connectivity index (χ2n) is 10.9. The molecule has 0 aliphatic carbocycles. The summed E-state index contributed by atoms with van der Waals surface area (Å²) < 4.78 is 16.5. The number of Topliss-reactive ketones (excluding diaryl/α,β-unsaturated/α-hetero) is 1. The molecule has 0 unspecified atom stereocenters. The summed E-state index contributed by atoms with van der Waals surface area (Å²) in [5.41, 5.74) is 0. The molecule has 42 heavy (non-hydrogen) atoms. The number of hydrogen-bond acceptors (Lipinski definition) is 8. The lowest BCUT2D eigenvalue weighted by Gasteiger charge is -2.18. The molecule has 0 fully saturated rings. The Labute approximate surface area is 252 Å². The molecular weight excluding hydrogens is 544 g/mol. The number of carbonyl (C=O) groups excluding carboxylic acids is 5. The van der Waals surface area contributed by atoms with Gasteiger partial charge in [0.2, 0.25) is 23.6 Å². The van der Waals surface area contributed by atoms with E-state index in [0.29, 0.717) is 104 Å². The summed E-state index contributed by atoms with van der Waals surface area (Å²) in [6.45, 7) is 13.1. The number of ketones is 1. The molecule has 0 rings (SSSR count). The van der Waals surface area contributed by atoms with Crippen molar-refractivity contribution in [1.29, 1.82) is 0 Å². The van der Waals surface area contributed by atoms with Gasteiger partial charge in [-0.15, -0.1) is 0 Å². The topological polar surface area (TPSA) is 161 Å². The van der Waals surface area contributed by atoms with Crippen molar-refractivity contribution in [1.82, 2.24) is 21.3 Å². The predicted molar refractivity (Wildman–Crippen MR) is 161 cm³/mol. The highest BCUT2D eigenvalue weighted by molar-refractivity contribution is 5.86. The lowest BCUT2D eigenvalue weighted by Crippen LogP contribution is -2.46. The van der Waals surface area contributed by atoms with E-state index in [1.807, 2.05) is 27.7 Å². The Balaban J connectivity index is 3.65. The van der Waals surface area contributed by atoms with Gasteiger partial charge >= 0.3 is 0 Å². The van der Waals surface area contributed by atoms with Crippen molar-refractivity contribution in [3.63, 3.8) is 0 Å². The molecule has 0 saturated heterocycles. The van der Waals surface area contributed by atoms with Crippen LogP contribution in [0.5, 0.6) is 0 Å². The Morgan fingerprint density at radius 3 is 1.64 bits per heavy atom. The van der Waals surface area contributed by atoms with E-state index in [-0.39, 0.29) is 41.2 Å². The predicted octanol–water partition coefficient (Wildman–Crippen LogP) is 1.89. The number of ether oxygens (including phenoxy) is 3. The van der Waals surface area contributed by atoms with E-state index in [0.717, 1.165) is 6.42 Å². The third kappa shape index (κ3) is 24.1. The normalized spacial score (nSPS) is 11.8. The number of unbranched alkanes of at least 4 members (excludes halogenated alkanes) is 1. The van der Waals surface area contributed by atoms with Gasteiger partial charge in [-0.1, -0.05) is 27.7 Å². The molecule has 0 aliphatic rings. The summed E-state index contributed by atoms with van der Waals surface area (Å²) in [7, 11) is 0. The third-order valence-electron chi connectivity index (χ3n) is 6.20. The van der Waals surface area contributed by atoms with Crippen LogP contribution in [-0.2, 0) is 38.2 Å². The largest absolute Gasteiger partial charge is 0.379 e. The van der Waals surface area contributed by atoms with E-state index < -0.39 is 6.04 Å². The average Bonchev–Trinajstić information content (AvgIpc) is 2.93. The van der Waals surface area contributed by atoms with E-state index in [9.17, 15) is 24.0 Å². The van der Waals surface area contributed by atoms with Crippen molar-refractivity contribution in [2.45, 2.75) is 92.0 Å². The molecule has 244 valence electrons. The van der Waals surface area contributed by atoms with Crippen LogP contribution in [0, 0.1) is 11.8 Å². The van der Waals surface area contributed by atoms with Crippen LogP contribution >= 0.6 is 0 Å². The molecule has 0 saturated carbocycles. The van der Waals surface area contributed by atoms with Crippen LogP contribution in [0.25, 0.3) is 0 Å². The number of rotatable bonds is 27. The zero-order valence-corrected chi connectivity index (χ0v) is 26.5. The van der Waals surface area contributed by atoms with Gasteiger partial charge in [-0.2, -0.15) is 0 Å². The minimum absolute atomic E-state index is 0.00436. The number of hydrogen-bond donors (Lipinski definition) is 4. The van der Waals surface area contributed by atoms with Gasteiger partial charge in [-0.05, 0) is 38.5 Å². The average molecular weight is 601 g/mol. The Kier molecular flexibility index (Phi) is 24.5. The summed E-state index contributed by atoms with van der Waals surface area (Å²) in [6.07, 6.45) is 4.67. The van der Waals surface area contributed by atoms with E-state index in [2.05, 4.69) is 21.3 Å². The minimum Gasteiger partial charge on any atom is -0.379 e. The zero-order valence-electron chi connectivity index (χ0n) is 26.5. The zero-order chi connectivity index (χ0) is 31.6. The quantitative estimate of drug-likeness (QED) is 0.104. The molecule has 0 aromatic rings. The molecule has 0 aromatic carbocycles. The molecule has 0 aromatic heterocycles. The SMILES string of the molecule is CC(=O)N[C@@H](CCCCNC(=O)C(C)C)C(=O)NCCCOCCOCCOCCCNC(=O)CCCC(=O)C(C)C. The van der Waals surface area contributed by atoms with Crippen LogP contribution in [0.1, 0.15) is 86.0 Å². The smallest absolute Gasteiger partial charge is 0.242 e. The van der Waals surface area contributed by atoms with E-state index >= 15 is 0 Å². The molecular formula is C30H56N4O8. The van der Waals surface area contributed by atoms with Gasteiger partial charge in [-0.3, -0.25) is 24.0 Å². The molecule has 0 bridgehead atoms. The monoisotopic (exact) mass is 600 g/mol. The van der Waals surface area contributed by atoms with Crippen LogP contribution in [-0.4, -0.2) is 94.7 Å². The van der Waals surface area contributed by atoms with Crippen molar-refractivity contribution in [2.24, 2.45) is 11.8 Å². The maximum atomic E-state index is 12.5. The minimum atomic E-state index is -0.601. The summed E-state index contributed by atoms with van der Waals surface area (Å²) in [5, 5.41) is 11.2. The van der Waals surface area contributed by atoms with Crippen molar-refractivity contribution in [3.8, 4) is 0 Å². The summed E-state index contributed by atoms with van der Waals surface area (Å²) in [4.78, 5) is 58.9. The lowest BCUT2D eigenvalue weighted by molar-refractivity contribution is -0.128. The fraction of sp³-hybridized carbons (Fsp3) is 0.833. The molecule has 4 N–H and O–H groups in total. The first-order valence-corrected chi connectivity index (χ1v) is 15.4. The highest BCUT2D eigenvalue weighted by atomic mass is 16.5. The van der Waals surface area contributed by atoms with Crippen LogP contribution in [0.4, 0.5) is 0 Å². The first-order chi connectivity index (χ1) is 20.0. The van der Waals surface area contributed by atoms with Gasteiger partial charge in [0.25, 0.3) is 0 Å². The van der Waals surface area contributed by atoms with E-state index in [4.69, 9.17) is 14.2 Å². The van der Waals surface area contributed by atoms with E-state index in [1.165, 1.54) is 6.92 Å². The summed E-state index contributed by atoms with van der Waals surface area (Å²) in [5.74, 6) is -0.372. The highest BCUT2D eigenvalue weighted by Crippen LogP contribution is 2.04. The maximum absolute atomic E-state index is 12.5. The molecule has 0 spiro atoms. The Bertz CT molecular complexity index is 776. The van der Waals surface area contributed by atoms with Gasteiger partial charge in [-0.25, -0.2) is 0 Å². The molecule has 0 radical (unpaired) electrons. The maximum Gasteiger partial charge on any atom is 0.242 e. The Morgan fingerprint density at radius 2 is 1.10 bits per heavy atom. The fourth-order valence-electron chi connectivity index (χ4n) is 3.66. The summed E-state index contributed by atoms with van der Waals surface area (Å²) in [6, 6.07) is -0.601. The molecule has 1 atom stereocenters.